The third kappa shape index (κ3) is 3.55. The summed E-state index contributed by atoms with van der Waals surface area (Å²) in [6, 6.07) is 13.6. The van der Waals surface area contributed by atoms with Gasteiger partial charge in [-0.25, -0.2) is 9.97 Å². The maximum atomic E-state index is 12.5. The third-order valence-corrected chi connectivity index (χ3v) is 4.71. The molecule has 2 aromatic heterocycles. The number of anilines is 1. The predicted molar refractivity (Wildman–Crippen MR) is 109 cm³/mol. The average Bonchev–Trinajstić information content (AvgIpc) is 3.12. The van der Waals surface area contributed by atoms with Crippen LogP contribution in [0.2, 0.25) is 0 Å². The Hall–Kier alpha value is -3.74. The van der Waals surface area contributed by atoms with Gasteiger partial charge in [0.05, 0.1) is 0 Å². The lowest BCUT2D eigenvalue weighted by molar-refractivity contribution is 0.0954. The Morgan fingerprint density at radius 1 is 1.14 bits per heavy atom. The van der Waals surface area contributed by atoms with E-state index in [9.17, 15) is 4.79 Å². The highest BCUT2D eigenvalue weighted by atomic mass is 16.1. The average molecular weight is 372 g/mol. The van der Waals surface area contributed by atoms with Crippen molar-refractivity contribution in [2.75, 3.05) is 12.3 Å². The predicted octanol–water partition coefficient (Wildman–Crippen LogP) is 2.59. The molecule has 2 aromatic carbocycles. The highest BCUT2D eigenvalue weighted by Crippen LogP contribution is 2.28. The van der Waals surface area contributed by atoms with Crippen LogP contribution < -0.4 is 11.1 Å². The molecule has 0 bridgehead atoms. The second-order valence-corrected chi connectivity index (χ2v) is 6.52. The van der Waals surface area contributed by atoms with Crippen LogP contribution in [0.5, 0.6) is 0 Å². The van der Waals surface area contributed by atoms with Crippen molar-refractivity contribution in [3.8, 4) is 11.1 Å². The third-order valence-electron chi connectivity index (χ3n) is 4.71. The first-order valence-corrected chi connectivity index (χ1v) is 8.97. The lowest BCUT2D eigenvalue weighted by Crippen LogP contribution is -2.26. The Morgan fingerprint density at radius 2 is 1.96 bits per heavy atom. The Labute approximate surface area is 162 Å². The number of amides is 1. The highest BCUT2D eigenvalue weighted by molar-refractivity contribution is 6.02. The van der Waals surface area contributed by atoms with Gasteiger partial charge in [0.2, 0.25) is 5.95 Å². The van der Waals surface area contributed by atoms with Gasteiger partial charge in [-0.1, -0.05) is 24.3 Å². The molecule has 0 unspecified atom stereocenters. The summed E-state index contributed by atoms with van der Waals surface area (Å²) in [6.07, 6.45) is 5.90. The summed E-state index contributed by atoms with van der Waals surface area (Å²) in [5.41, 5.74) is 9.17. The normalized spacial score (nSPS) is 10.9. The molecule has 28 heavy (non-hydrogen) atoms. The zero-order valence-electron chi connectivity index (χ0n) is 15.5. The van der Waals surface area contributed by atoms with Gasteiger partial charge in [0, 0.05) is 55.4 Å². The van der Waals surface area contributed by atoms with E-state index in [1.807, 2.05) is 54.2 Å². The Balaban J connectivity index is 1.53. The highest BCUT2D eigenvalue weighted by Gasteiger charge is 2.10. The molecule has 4 aromatic rings. The number of nitrogens with two attached hydrogens (primary N) is 1. The van der Waals surface area contributed by atoms with Gasteiger partial charge >= 0.3 is 0 Å². The summed E-state index contributed by atoms with van der Waals surface area (Å²) in [7, 11) is 1.89. The summed E-state index contributed by atoms with van der Waals surface area (Å²) in [6.45, 7) is 0.555. The smallest absolute Gasteiger partial charge is 0.251 e. The molecule has 0 fully saturated rings. The van der Waals surface area contributed by atoms with Crippen molar-refractivity contribution in [3.05, 3.63) is 72.3 Å². The maximum Gasteiger partial charge on any atom is 0.251 e. The van der Waals surface area contributed by atoms with Gasteiger partial charge < -0.3 is 11.1 Å². The lowest BCUT2D eigenvalue weighted by Gasteiger charge is -2.09. The molecule has 7 nitrogen and oxygen atoms in total. The van der Waals surface area contributed by atoms with Crippen molar-refractivity contribution in [2.24, 2.45) is 7.05 Å². The Kier molecular flexibility index (Phi) is 4.72. The molecule has 0 aliphatic heterocycles. The van der Waals surface area contributed by atoms with Crippen LogP contribution in [0.3, 0.4) is 0 Å². The van der Waals surface area contributed by atoms with Crippen LogP contribution in [0.15, 0.2) is 61.1 Å². The molecule has 140 valence electrons. The molecule has 0 aliphatic carbocycles. The van der Waals surface area contributed by atoms with Crippen molar-refractivity contribution in [1.29, 1.82) is 0 Å². The van der Waals surface area contributed by atoms with E-state index in [-0.39, 0.29) is 11.9 Å². The van der Waals surface area contributed by atoms with Crippen LogP contribution in [0.1, 0.15) is 16.1 Å². The molecule has 7 heteroatoms. The van der Waals surface area contributed by atoms with Gasteiger partial charge in [0.1, 0.15) is 0 Å². The van der Waals surface area contributed by atoms with E-state index in [1.54, 1.807) is 18.6 Å². The van der Waals surface area contributed by atoms with Crippen molar-refractivity contribution >= 4 is 22.6 Å². The number of carbonyl (C=O) groups excluding carboxylic acids is 1. The van der Waals surface area contributed by atoms with Gasteiger partial charge in [-0.2, -0.15) is 5.10 Å². The zero-order valence-corrected chi connectivity index (χ0v) is 15.5. The molecule has 3 N–H and O–H groups in total. The van der Waals surface area contributed by atoms with Crippen molar-refractivity contribution in [2.45, 2.75) is 6.42 Å². The fourth-order valence-electron chi connectivity index (χ4n) is 3.21. The van der Waals surface area contributed by atoms with E-state index < -0.39 is 0 Å². The SMILES string of the molecule is Cn1nccc1CCNC(=O)c1ccc2c(-c3cnc(N)nc3)cccc2c1. The molecule has 0 saturated carbocycles. The van der Waals surface area contributed by atoms with Gasteiger partial charge in [-0.3, -0.25) is 9.48 Å². The van der Waals surface area contributed by atoms with Gasteiger partial charge in [-0.15, -0.1) is 0 Å². The van der Waals surface area contributed by atoms with Crippen LogP contribution in [-0.2, 0) is 13.5 Å². The number of nitrogens with one attached hydrogen (secondary N) is 1. The summed E-state index contributed by atoms with van der Waals surface area (Å²) in [4.78, 5) is 20.7. The summed E-state index contributed by atoms with van der Waals surface area (Å²) < 4.78 is 1.81. The quantitative estimate of drug-likeness (QED) is 0.561. The number of nitrogen functional groups attached to an aromatic ring is 1. The molecular formula is C21H20N6O. The second kappa shape index (κ2) is 7.48. The fraction of sp³-hybridized carbons (Fsp3) is 0.143. The molecule has 0 radical (unpaired) electrons. The van der Waals surface area contributed by atoms with Crippen molar-refractivity contribution < 1.29 is 4.79 Å². The minimum Gasteiger partial charge on any atom is -0.368 e. The van der Waals surface area contributed by atoms with E-state index in [0.717, 1.165) is 34.0 Å². The number of hydrogen-bond acceptors (Lipinski definition) is 5. The van der Waals surface area contributed by atoms with E-state index in [0.29, 0.717) is 12.1 Å². The van der Waals surface area contributed by atoms with Crippen molar-refractivity contribution in [3.63, 3.8) is 0 Å². The molecule has 2 heterocycles. The molecular weight excluding hydrogens is 352 g/mol. The molecule has 0 aliphatic rings. The maximum absolute atomic E-state index is 12.5. The van der Waals surface area contributed by atoms with Crippen LogP contribution in [0, 0.1) is 0 Å². The van der Waals surface area contributed by atoms with Gasteiger partial charge in [-0.05, 0) is 34.5 Å². The minimum atomic E-state index is -0.0923. The largest absolute Gasteiger partial charge is 0.368 e. The first-order chi connectivity index (χ1) is 13.6. The number of fused-ring (bicyclic) bond motifs is 1. The molecule has 0 spiro atoms. The van der Waals surface area contributed by atoms with Crippen LogP contribution in [0.4, 0.5) is 5.95 Å². The number of hydrogen-bond donors (Lipinski definition) is 2. The first-order valence-electron chi connectivity index (χ1n) is 8.97. The van der Waals surface area contributed by atoms with Gasteiger partial charge in [0.15, 0.2) is 0 Å². The molecule has 0 atom stereocenters. The van der Waals surface area contributed by atoms with Crippen molar-refractivity contribution in [1.82, 2.24) is 25.1 Å². The Morgan fingerprint density at radius 3 is 2.71 bits per heavy atom. The van der Waals surface area contributed by atoms with Gasteiger partial charge in [0.25, 0.3) is 5.91 Å². The number of rotatable bonds is 5. The number of benzene rings is 2. The van der Waals surface area contributed by atoms with E-state index >= 15 is 0 Å². The van der Waals surface area contributed by atoms with E-state index in [4.69, 9.17) is 5.73 Å². The number of nitrogens with zero attached hydrogens (tertiary/aromatic N) is 4. The summed E-state index contributed by atoms with van der Waals surface area (Å²) >= 11 is 0. The van der Waals surface area contributed by atoms with E-state index in [2.05, 4.69) is 20.4 Å². The summed E-state index contributed by atoms with van der Waals surface area (Å²) in [5, 5.41) is 9.11. The topological polar surface area (TPSA) is 98.7 Å². The number of carbonyl (C=O) groups is 1. The lowest BCUT2D eigenvalue weighted by atomic mass is 9.98. The van der Waals surface area contributed by atoms with Crippen LogP contribution in [0.25, 0.3) is 21.9 Å². The molecule has 1 amide bonds. The second-order valence-electron chi connectivity index (χ2n) is 6.52. The standard InChI is InChI=1S/C21H20N6O/c1-27-17(8-10-26-27)7-9-23-20(28)15-5-6-19-14(11-15)3-2-4-18(19)16-12-24-21(22)25-13-16/h2-6,8,10-13H,7,9H2,1H3,(H,23,28)(H2,22,24,25). The van der Waals surface area contributed by atoms with Crippen LogP contribution >= 0.6 is 0 Å². The zero-order chi connectivity index (χ0) is 19.5. The fourth-order valence-corrected chi connectivity index (χ4v) is 3.21. The first kappa shape index (κ1) is 17.7. The molecule has 0 saturated heterocycles. The minimum absolute atomic E-state index is 0.0923. The Bertz CT molecular complexity index is 1130. The van der Waals surface area contributed by atoms with Crippen LogP contribution in [-0.4, -0.2) is 32.2 Å². The number of aromatic nitrogens is 4. The number of aryl methyl sites for hydroxylation is 1. The summed E-state index contributed by atoms with van der Waals surface area (Å²) in [5.74, 6) is 0.152. The monoisotopic (exact) mass is 372 g/mol. The van der Waals surface area contributed by atoms with E-state index in [1.165, 1.54) is 0 Å². The molecule has 4 rings (SSSR count).